The molecule has 1 saturated carbocycles. The normalized spacial score (nSPS) is 19.1. The number of rotatable bonds is 8. The standard InChI is InChI=1S/C26H34N2O5.ClH/c1-30-23-21(26(29)28-15-18-5-4-6-19(13-18)16-28)14-22(24(31-2)25(23)32-3)33-20-9-7-17(8-10-20)11-12-27;/h7-10,14,18-19H,4-6,11-13,15-16,27H2,1-3H3;1H/t18-,19-;/m1./s1. The smallest absolute Gasteiger partial charge is 0.257 e. The lowest BCUT2D eigenvalue weighted by molar-refractivity contribution is 0.0500. The molecule has 8 heteroatoms. The van der Waals surface area contributed by atoms with E-state index in [4.69, 9.17) is 24.7 Å². The molecule has 34 heavy (non-hydrogen) atoms. The van der Waals surface area contributed by atoms with Crippen molar-refractivity contribution in [2.45, 2.75) is 32.1 Å². The summed E-state index contributed by atoms with van der Waals surface area (Å²) in [4.78, 5) is 15.6. The molecule has 1 amide bonds. The lowest BCUT2D eigenvalue weighted by atomic mass is 9.78. The van der Waals surface area contributed by atoms with Crippen LogP contribution < -0.4 is 24.7 Å². The molecule has 2 fully saturated rings. The Labute approximate surface area is 207 Å². The van der Waals surface area contributed by atoms with Crippen molar-refractivity contribution < 1.29 is 23.7 Å². The number of ether oxygens (including phenoxy) is 4. The van der Waals surface area contributed by atoms with Crippen molar-refractivity contribution in [2.24, 2.45) is 17.6 Å². The van der Waals surface area contributed by atoms with Crippen molar-refractivity contribution in [3.8, 4) is 28.7 Å². The Morgan fingerprint density at radius 3 is 2.15 bits per heavy atom. The van der Waals surface area contributed by atoms with Crippen molar-refractivity contribution in [1.82, 2.24) is 4.90 Å². The van der Waals surface area contributed by atoms with Crippen molar-refractivity contribution >= 4 is 18.3 Å². The molecule has 1 saturated heterocycles. The average Bonchev–Trinajstić information content (AvgIpc) is 2.83. The number of halogens is 1. The number of piperidine rings is 1. The van der Waals surface area contributed by atoms with Gasteiger partial charge in [0.1, 0.15) is 5.75 Å². The fourth-order valence-electron chi connectivity index (χ4n) is 5.20. The van der Waals surface area contributed by atoms with Crippen LogP contribution in [0.5, 0.6) is 28.7 Å². The van der Waals surface area contributed by atoms with Crippen LogP contribution in [0, 0.1) is 11.8 Å². The molecule has 1 aliphatic carbocycles. The van der Waals surface area contributed by atoms with Crippen LogP contribution in [0.25, 0.3) is 0 Å². The highest BCUT2D eigenvalue weighted by atomic mass is 35.5. The molecule has 186 valence electrons. The number of benzene rings is 2. The van der Waals surface area contributed by atoms with Gasteiger partial charge in [0.25, 0.3) is 5.91 Å². The molecular weight excluding hydrogens is 456 g/mol. The van der Waals surface area contributed by atoms with E-state index in [-0.39, 0.29) is 18.3 Å². The van der Waals surface area contributed by atoms with E-state index in [1.807, 2.05) is 29.2 Å². The van der Waals surface area contributed by atoms with Gasteiger partial charge in [-0.15, -0.1) is 12.4 Å². The predicted octanol–water partition coefficient (Wildman–Crippen LogP) is 4.69. The van der Waals surface area contributed by atoms with Crippen LogP contribution in [0.15, 0.2) is 30.3 Å². The number of nitrogens with zero attached hydrogens (tertiary/aromatic N) is 1. The largest absolute Gasteiger partial charge is 0.492 e. The fraction of sp³-hybridized carbons (Fsp3) is 0.500. The second kappa shape index (κ2) is 11.7. The van der Waals surface area contributed by atoms with Crippen molar-refractivity contribution in [2.75, 3.05) is 41.0 Å². The summed E-state index contributed by atoms with van der Waals surface area (Å²) in [5.74, 6) is 3.22. The van der Waals surface area contributed by atoms with E-state index in [1.54, 1.807) is 13.2 Å². The number of amides is 1. The first-order valence-corrected chi connectivity index (χ1v) is 11.7. The minimum absolute atomic E-state index is 0. The maximum Gasteiger partial charge on any atom is 0.257 e. The third kappa shape index (κ3) is 5.36. The summed E-state index contributed by atoms with van der Waals surface area (Å²) >= 11 is 0. The molecule has 4 rings (SSSR count). The quantitative estimate of drug-likeness (QED) is 0.578. The minimum atomic E-state index is -0.0625. The van der Waals surface area contributed by atoms with Crippen molar-refractivity contribution in [3.05, 3.63) is 41.5 Å². The van der Waals surface area contributed by atoms with Crippen molar-refractivity contribution in [1.29, 1.82) is 0 Å². The zero-order valence-corrected chi connectivity index (χ0v) is 21.0. The first-order valence-electron chi connectivity index (χ1n) is 11.7. The summed E-state index contributed by atoms with van der Waals surface area (Å²) in [6.07, 6.45) is 5.67. The molecule has 2 bridgehead atoms. The van der Waals surface area contributed by atoms with E-state index < -0.39 is 0 Å². The first kappa shape index (κ1) is 26.0. The molecule has 2 aliphatic rings. The van der Waals surface area contributed by atoms with Crippen LogP contribution in [0.2, 0.25) is 0 Å². The Hall–Kier alpha value is -2.64. The highest BCUT2D eigenvalue weighted by molar-refractivity contribution is 5.99. The Balaban J connectivity index is 0.00000324. The molecular formula is C26H35ClN2O5. The predicted molar refractivity (Wildman–Crippen MR) is 134 cm³/mol. The Kier molecular flexibility index (Phi) is 8.91. The van der Waals surface area contributed by atoms with E-state index in [0.29, 0.717) is 52.7 Å². The lowest BCUT2D eigenvalue weighted by Crippen LogP contribution is -2.45. The maximum absolute atomic E-state index is 13.7. The van der Waals surface area contributed by atoms with Crippen LogP contribution >= 0.6 is 12.4 Å². The summed E-state index contributed by atoms with van der Waals surface area (Å²) < 4.78 is 23.0. The Morgan fingerprint density at radius 2 is 1.59 bits per heavy atom. The summed E-state index contributed by atoms with van der Waals surface area (Å²) in [7, 11) is 4.61. The number of carbonyl (C=O) groups is 1. The first-order chi connectivity index (χ1) is 16.1. The fourth-order valence-corrected chi connectivity index (χ4v) is 5.20. The molecule has 1 heterocycles. The van der Waals surface area contributed by atoms with Gasteiger partial charge in [-0.3, -0.25) is 4.79 Å². The Bertz CT molecular complexity index is 970. The summed E-state index contributed by atoms with van der Waals surface area (Å²) in [6.45, 7) is 2.16. The number of carbonyl (C=O) groups excluding carboxylic acids is 1. The molecule has 2 aromatic rings. The molecule has 0 radical (unpaired) electrons. The van der Waals surface area contributed by atoms with E-state index in [9.17, 15) is 4.79 Å². The number of fused-ring (bicyclic) bond motifs is 2. The molecule has 2 atom stereocenters. The number of likely N-dealkylation sites (tertiary alicyclic amines) is 1. The molecule has 0 spiro atoms. The van der Waals surface area contributed by atoms with E-state index in [1.165, 1.54) is 39.9 Å². The highest BCUT2D eigenvalue weighted by Crippen LogP contribution is 2.48. The molecule has 7 nitrogen and oxygen atoms in total. The lowest BCUT2D eigenvalue weighted by Gasteiger charge is -2.41. The van der Waals surface area contributed by atoms with Gasteiger partial charge in [-0.2, -0.15) is 0 Å². The maximum atomic E-state index is 13.7. The monoisotopic (exact) mass is 490 g/mol. The molecule has 2 N–H and O–H groups in total. The summed E-state index contributed by atoms with van der Waals surface area (Å²) in [5.41, 5.74) is 7.20. The van der Waals surface area contributed by atoms with Crippen LogP contribution in [0.1, 0.15) is 41.6 Å². The highest BCUT2D eigenvalue weighted by Gasteiger charge is 2.35. The van der Waals surface area contributed by atoms with Gasteiger partial charge in [-0.25, -0.2) is 0 Å². The van der Waals surface area contributed by atoms with Crippen LogP contribution in [0.4, 0.5) is 0 Å². The molecule has 0 unspecified atom stereocenters. The SMILES string of the molecule is COc1c(Oc2ccc(CCN)cc2)cc(C(=O)N2C[C@@H]3CCC[C@H](C3)C2)c(OC)c1OC.Cl. The van der Waals surface area contributed by atoms with E-state index in [2.05, 4.69) is 0 Å². The summed E-state index contributed by atoms with van der Waals surface area (Å²) in [5, 5.41) is 0. The van der Waals surface area contributed by atoms with Gasteiger partial charge in [0.2, 0.25) is 11.5 Å². The number of hydrogen-bond donors (Lipinski definition) is 1. The Morgan fingerprint density at radius 1 is 0.971 bits per heavy atom. The van der Waals surface area contributed by atoms with Gasteiger partial charge < -0.3 is 29.6 Å². The van der Waals surface area contributed by atoms with Crippen LogP contribution in [-0.4, -0.2) is 51.8 Å². The molecule has 2 aromatic carbocycles. The van der Waals surface area contributed by atoms with Gasteiger partial charge in [-0.1, -0.05) is 18.6 Å². The number of hydrogen-bond acceptors (Lipinski definition) is 6. The third-order valence-electron chi connectivity index (χ3n) is 6.72. The van der Waals surface area contributed by atoms with Gasteiger partial charge in [0.15, 0.2) is 11.5 Å². The second-order valence-electron chi connectivity index (χ2n) is 8.92. The molecule has 0 aromatic heterocycles. The second-order valence-corrected chi connectivity index (χ2v) is 8.92. The number of methoxy groups -OCH3 is 3. The van der Waals surface area contributed by atoms with Crippen molar-refractivity contribution in [3.63, 3.8) is 0 Å². The van der Waals surface area contributed by atoms with Crippen LogP contribution in [-0.2, 0) is 6.42 Å². The van der Waals surface area contributed by atoms with Gasteiger partial charge >= 0.3 is 0 Å². The van der Waals surface area contributed by atoms with E-state index in [0.717, 1.165) is 25.1 Å². The van der Waals surface area contributed by atoms with Gasteiger partial charge in [0.05, 0.1) is 26.9 Å². The number of nitrogens with two attached hydrogens (primary N) is 1. The summed E-state index contributed by atoms with van der Waals surface area (Å²) in [6, 6.07) is 9.44. The van der Waals surface area contributed by atoms with Gasteiger partial charge in [0, 0.05) is 19.2 Å². The van der Waals surface area contributed by atoms with Crippen LogP contribution in [0.3, 0.4) is 0 Å². The topological polar surface area (TPSA) is 83.3 Å². The average molecular weight is 491 g/mol. The van der Waals surface area contributed by atoms with Gasteiger partial charge in [-0.05, 0) is 61.8 Å². The molecule has 1 aliphatic heterocycles. The minimum Gasteiger partial charge on any atom is -0.492 e. The zero-order chi connectivity index (χ0) is 23.4. The zero-order valence-electron chi connectivity index (χ0n) is 20.2. The van der Waals surface area contributed by atoms with E-state index >= 15 is 0 Å². The third-order valence-corrected chi connectivity index (χ3v) is 6.72.